The second-order valence-electron chi connectivity index (χ2n) is 5.70. The number of halogens is 1. The van der Waals surface area contributed by atoms with Crippen LogP contribution in [0.2, 0.25) is 0 Å². The summed E-state index contributed by atoms with van der Waals surface area (Å²) in [6.07, 6.45) is 3.36. The summed E-state index contributed by atoms with van der Waals surface area (Å²) in [7, 11) is 0. The van der Waals surface area contributed by atoms with E-state index in [1.165, 1.54) is 0 Å². The van der Waals surface area contributed by atoms with Gasteiger partial charge in [-0.15, -0.1) is 0 Å². The Hall–Kier alpha value is -1.60. The van der Waals surface area contributed by atoms with Crippen molar-refractivity contribution in [1.82, 2.24) is 9.80 Å². The Bertz CT molecular complexity index is 699. The van der Waals surface area contributed by atoms with Gasteiger partial charge in [-0.3, -0.25) is 19.3 Å². The van der Waals surface area contributed by atoms with E-state index >= 15 is 0 Å². The topological polar surface area (TPSA) is 57.7 Å². The van der Waals surface area contributed by atoms with E-state index in [1.54, 1.807) is 11.0 Å². The lowest BCUT2D eigenvalue weighted by Crippen LogP contribution is -2.42. The molecule has 0 saturated carbocycles. The molecule has 134 valence electrons. The van der Waals surface area contributed by atoms with Gasteiger partial charge in [-0.05, 0) is 48.4 Å². The van der Waals surface area contributed by atoms with Crippen molar-refractivity contribution in [1.29, 1.82) is 0 Å². The maximum Gasteiger partial charge on any atom is 0.294 e. The van der Waals surface area contributed by atoms with Crippen molar-refractivity contribution in [2.45, 2.75) is 26.7 Å². The number of nitrogens with zero attached hydrogens (tertiary/aromatic N) is 2. The van der Waals surface area contributed by atoms with Crippen LogP contribution in [0.1, 0.15) is 32.3 Å². The molecule has 1 heterocycles. The van der Waals surface area contributed by atoms with Crippen LogP contribution in [0.5, 0.6) is 0 Å². The lowest BCUT2D eigenvalue weighted by molar-refractivity contribution is -0.135. The summed E-state index contributed by atoms with van der Waals surface area (Å²) in [5, 5.41) is -0.396. The minimum atomic E-state index is -0.406. The van der Waals surface area contributed by atoms with Crippen LogP contribution in [-0.4, -0.2) is 46.5 Å². The molecule has 0 N–H and O–H groups in total. The van der Waals surface area contributed by atoms with E-state index in [9.17, 15) is 14.4 Å². The molecule has 1 aliphatic heterocycles. The standard InChI is InChI=1S/C18H21BrN2O3S/c1-3-8-20(9-4-2)16(22)12-21-17(23)15(25-18(21)24)11-13-6-5-7-14(19)10-13/h5-7,10-11H,3-4,8-9,12H2,1-2H3/b15-11-. The molecule has 2 rings (SSSR count). The third-order valence-electron chi connectivity index (χ3n) is 3.65. The van der Waals surface area contributed by atoms with Gasteiger partial charge in [-0.25, -0.2) is 0 Å². The minimum absolute atomic E-state index is 0.185. The molecule has 0 spiro atoms. The van der Waals surface area contributed by atoms with Gasteiger partial charge in [0.05, 0.1) is 4.91 Å². The van der Waals surface area contributed by atoms with Gasteiger partial charge in [0.1, 0.15) is 6.54 Å². The predicted octanol–water partition coefficient (Wildman–Crippen LogP) is 4.13. The van der Waals surface area contributed by atoms with Gasteiger partial charge in [0.25, 0.3) is 11.1 Å². The Morgan fingerprint density at radius 2 is 1.92 bits per heavy atom. The van der Waals surface area contributed by atoms with Gasteiger partial charge < -0.3 is 4.90 Å². The molecule has 0 bridgehead atoms. The number of hydrogen-bond donors (Lipinski definition) is 0. The molecule has 5 nitrogen and oxygen atoms in total. The van der Waals surface area contributed by atoms with Gasteiger partial charge >= 0.3 is 0 Å². The van der Waals surface area contributed by atoms with E-state index in [0.29, 0.717) is 18.0 Å². The van der Waals surface area contributed by atoms with Crippen LogP contribution in [0, 0.1) is 0 Å². The highest BCUT2D eigenvalue weighted by Gasteiger charge is 2.36. The second kappa shape index (κ2) is 9.20. The van der Waals surface area contributed by atoms with Crippen molar-refractivity contribution in [3.63, 3.8) is 0 Å². The van der Waals surface area contributed by atoms with Crippen LogP contribution >= 0.6 is 27.7 Å². The van der Waals surface area contributed by atoms with E-state index in [2.05, 4.69) is 15.9 Å². The Balaban J connectivity index is 2.11. The zero-order chi connectivity index (χ0) is 18.4. The molecule has 0 aliphatic carbocycles. The van der Waals surface area contributed by atoms with Crippen LogP contribution in [0.3, 0.4) is 0 Å². The number of hydrogen-bond acceptors (Lipinski definition) is 4. The normalized spacial score (nSPS) is 16.0. The van der Waals surface area contributed by atoms with E-state index in [-0.39, 0.29) is 12.5 Å². The quantitative estimate of drug-likeness (QED) is 0.617. The maximum absolute atomic E-state index is 12.5. The van der Waals surface area contributed by atoms with Crippen LogP contribution in [-0.2, 0) is 9.59 Å². The Kier molecular flexibility index (Phi) is 7.25. The van der Waals surface area contributed by atoms with E-state index in [4.69, 9.17) is 0 Å². The average Bonchev–Trinajstić information content (AvgIpc) is 2.82. The SMILES string of the molecule is CCCN(CCC)C(=O)CN1C(=O)S/C(=C\c2cccc(Br)c2)C1=O. The van der Waals surface area contributed by atoms with Gasteiger partial charge in [-0.2, -0.15) is 0 Å². The van der Waals surface area contributed by atoms with E-state index < -0.39 is 11.1 Å². The molecule has 1 aliphatic rings. The summed E-state index contributed by atoms with van der Waals surface area (Å²) in [6, 6.07) is 7.46. The van der Waals surface area contributed by atoms with E-state index in [1.807, 2.05) is 38.1 Å². The summed E-state index contributed by atoms with van der Waals surface area (Å²) >= 11 is 4.26. The van der Waals surface area contributed by atoms with Gasteiger partial charge in [0, 0.05) is 17.6 Å². The number of carbonyl (C=O) groups is 3. The zero-order valence-electron chi connectivity index (χ0n) is 14.3. The molecule has 0 aromatic heterocycles. The first kappa shape index (κ1) is 19.7. The Morgan fingerprint density at radius 1 is 1.24 bits per heavy atom. The Morgan fingerprint density at radius 3 is 2.52 bits per heavy atom. The monoisotopic (exact) mass is 424 g/mol. The van der Waals surface area contributed by atoms with Crippen molar-refractivity contribution in [3.05, 3.63) is 39.2 Å². The first-order valence-corrected chi connectivity index (χ1v) is 9.86. The lowest BCUT2D eigenvalue weighted by Gasteiger charge is -2.23. The van der Waals surface area contributed by atoms with E-state index in [0.717, 1.165) is 39.5 Å². The number of rotatable bonds is 7. The third kappa shape index (κ3) is 5.19. The fraction of sp³-hybridized carbons (Fsp3) is 0.389. The number of thioether (sulfide) groups is 1. The molecule has 25 heavy (non-hydrogen) atoms. The second-order valence-corrected chi connectivity index (χ2v) is 7.61. The number of benzene rings is 1. The first-order chi connectivity index (χ1) is 12.0. The average molecular weight is 425 g/mol. The molecule has 7 heteroatoms. The summed E-state index contributed by atoms with van der Waals surface area (Å²) < 4.78 is 0.894. The molecule has 3 amide bonds. The molecule has 0 unspecified atom stereocenters. The highest BCUT2D eigenvalue weighted by molar-refractivity contribution is 9.10. The number of imide groups is 1. The molecular formula is C18H21BrN2O3S. The van der Waals surface area contributed by atoms with Gasteiger partial charge in [-0.1, -0.05) is 41.9 Å². The van der Waals surface area contributed by atoms with Crippen LogP contribution in [0.15, 0.2) is 33.6 Å². The summed E-state index contributed by atoms with van der Waals surface area (Å²) in [6.45, 7) is 5.07. The fourth-order valence-corrected chi connectivity index (χ4v) is 3.78. The molecule has 1 saturated heterocycles. The minimum Gasteiger partial charge on any atom is -0.341 e. The summed E-state index contributed by atoms with van der Waals surface area (Å²) in [5.41, 5.74) is 0.824. The molecule has 1 aromatic rings. The van der Waals surface area contributed by atoms with Crippen molar-refractivity contribution >= 4 is 50.8 Å². The fourth-order valence-electron chi connectivity index (χ4n) is 2.52. The zero-order valence-corrected chi connectivity index (χ0v) is 16.7. The maximum atomic E-state index is 12.5. The Labute approximate surface area is 160 Å². The molecular weight excluding hydrogens is 404 g/mol. The predicted molar refractivity (Wildman–Crippen MR) is 104 cm³/mol. The van der Waals surface area contributed by atoms with Crippen LogP contribution < -0.4 is 0 Å². The highest BCUT2D eigenvalue weighted by atomic mass is 79.9. The number of amides is 3. The van der Waals surface area contributed by atoms with Gasteiger partial charge in [0.15, 0.2) is 0 Å². The van der Waals surface area contributed by atoms with Crippen LogP contribution in [0.4, 0.5) is 4.79 Å². The van der Waals surface area contributed by atoms with Crippen molar-refractivity contribution in [3.8, 4) is 0 Å². The van der Waals surface area contributed by atoms with Crippen molar-refractivity contribution < 1.29 is 14.4 Å². The molecule has 1 aromatic carbocycles. The summed E-state index contributed by atoms with van der Waals surface area (Å²) in [5.74, 6) is -0.592. The molecule has 0 radical (unpaired) electrons. The number of carbonyl (C=O) groups excluding carboxylic acids is 3. The lowest BCUT2D eigenvalue weighted by atomic mass is 10.2. The molecule has 0 atom stereocenters. The largest absolute Gasteiger partial charge is 0.341 e. The highest BCUT2D eigenvalue weighted by Crippen LogP contribution is 2.32. The van der Waals surface area contributed by atoms with Crippen molar-refractivity contribution in [2.24, 2.45) is 0 Å². The first-order valence-electron chi connectivity index (χ1n) is 8.25. The van der Waals surface area contributed by atoms with Crippen LogP contribution in [0.25, 0.3) is 6.08 Å². The molecule has 1 fully saturated rings. The smallest absolute Gasteiger partial charge is 0.294 e. The van der Waals surface area contributed by atoms with Crippen molar-refractivity contribution in [2.75, 3.05) is 19.6 Å². The van der Waals surface area contributed by atoms with Gasteiger partial charge in [0.2, 0.25) is 5.91 Å². The third-order valence-corrected chi connectivity index (χ3v) is 5.05. The summed E-state index contributed by atoms with van der Waals surface area (Å²) in [4.78, 5) is 40.2.